The van der Waals surface area contributed by atoms with E-state index >= 15 is 0 Å². The summed E-state index contributed by atoms with van der Waals surface area (Å²) in [5.41, 5.74) is -0.403. The highest BCUT2D eigenvalue weighted by Gasteiger charge is 2.26. The summed E-state index contributed by atoms with van der Waals surface area (Å²) >= 11 is 0. The molecule has 1 saturated heterocycles. The van der Waals surface area contributed by atoms with Crippen LogP contribution in [0.3, 0.4) is 0 Å². The predicted molar refractivity (Wildman–Crippen MR) is 81.2 cm³/mol. The molecule has 2 N–H and O–H groups in total. The first kappa shape index (κ1) is 15.3. The Morgan fingerprint density at radius 2 is 1.75 bits per heavy atom. The monoisotopic (exact) mass is 328 g/mol. The maximum Gasteiger partial charge on any atom is 0.328 e. The van der Waals surface area contributed by atoms with Crippen LogP contribution < -0.4 is 16.1 Å². The minimum atomic E-state index is -0.900. The molecule has 0 aliphatic carbocycles. The van der Waals surface area contributed by atoms with Crippen molar-refractivity contribution in [2.45, 2.75) is 0 Å². The minimum absolute atomic E-state index is 0.0727. The van der Waals surface area contributed by atoms with Gasteiger partial charge in [-0.15, -0.1) is 0 Å². The van der Waals surface area contributed by atoms with Crippen molar-refractivity contribution in [3.63, 3.8) is 0 Å². The molecule has 2 heterocycles. The summed E-state index contributed by atoms with van der Waals surface area (Å²) < 4.78 is 18.5. The molecule has 2 aromatic rings. The van der Waals surface area contributed by atoms with Crippen molar-refractivity contribution in [2.24, 2.45) is 0 Å². The Morgan fingerprint density at radius 3 is 2.46 bits per heavy atom. The number of benzene rings is 1. The summed E-state index contributed by atoms with van der Waals surface area (Å²) in [6, 6.07) is 2.68. The zero-order valence-corrected chi connectivity index (χ0v) is 12.0. The van der Waals surface area contributed by atoms with Gasteiger partial charge in [-0.3, -0.25) is 25.0 Å². The lowest BCUT2D eigenvalue weighted by Crippen LogP contribution is -2.51. The maximum atomic E-state index is 13.2. The standard InChI is InChI=1S/C16H9FN2O5/c17-9-4-5-12-11(6-9)13(20)8(7-24-12)2-1-3-10-14(21)18-16(23)19-15(10)22/h1-7H,(H2,18,19,21,22,23)/b2-1+. The number of rotatable bonds is 2. The molecule has 7 nitrogen and oxygen atoms in total. The Hall–Kier alpha value is -3.55. The van der Waals surface area contributed by atoms with E-state index in [1.807, 2.05) is 10.6 Å². The predicted octanol–water partition coefficient (Wildman–Crippen LogP) is 1.24. The quantitative estimate of drug-likeness (QED) is 0.637. The Bertz CT molecular complexity index is 981. The highest BCUT2D eigenvalue weighted by Crippen LogP contribution is 2.13. The smallest absolute Gasteiger partial charge is 0.328 e. The van der Waals surface area contributed by atoms with Gasteiger partial charge in [-0.1, -0.05) is 6.08 Å². The Kier molecular flexibility index (Phi) is 3.78. The number of carbonyl (C=O) groups excluding carboxylic acids is 3. The Balaban J connectivity index is 1.94. The number of urea groups is 1. The number of carbonyl (C=O) groups is 3. The summed E-state index contributed by atoms with van der Waals surface area (Å²) in [7, 11) is 0. The molecule has 1 aliphatic heterocycles. The van der Waals surface area contributed by atoms with Crippen LogP contribution in [0.5, 0.6) is 0 Å². The van der Waals surface area contributed by atoms with Gasteiger partial charge >= 0.3 is 6.03 Å². The van der Waals surface area contributed by atoms with Crippen LogP contribution in [0.4, 0.5) is 9.18 Å². The minimum Gasteiger partial charge on any atom is -0.463 e. The van der Waals surface area contributed by atoms with E-state index in [9.17, 15) is 23.6 Å². The second-order valence-electron chi connectivity index (χ2n) is 4.84. The van der Waals surface area contributed by atoms with E-state index < -0.39 is 29.1 Å². The largest absolute Gasteiger partial charge is 0.463 e. The van der Waals surface area contributed by atoms with Crippen molar-refractivity contribution in [1.82, 2.24) is 10.6 Å². The fourth-order valence-corrected chi connectivity index (χ4v) is 2.11. The molecule has 1 fully saturated rings. The number of hydrogen-bond donors (Lipinski definition) is 2. The van der Waals surface area contributed by atoms with Crippen LogP contribution in [0.1, 0.15) is 5.56 Å². The summed E-state index contributed by atoms with van der Waals surface area (Å²) in [4.78, 5) is 46.2. The summed E-state index contributed by atoms with van der Waals surface area (Å²) in [6.07, 6.45) is 4.91. The van der Waals surface area contributed by atoms with Gasteiger partial charge in [-0.2, -0.15) is 0 Å². The van der Waals surface area contributed by atoms with Crippen molar-refractivity contribution in [2.75, 3.05) is 0 Å². The molecule has 0 unspecified atom stereocenters. The average molecular weight is 328 g/mol. The zero-order valence-electron chi connectivity index (χ0n) is 12.0. The van der Waals surface area contributed by atoms with E-state index in [-0.39, 0.29) is 22.1 Å². The van der Waals surface area contributed by atoms with Crippen molar-refractivity contribution in [3.8, 4) is 0 Å². The molecule has 3 rings (SSSR count). The van der Waals surface area contributed by atoms with E-state index in [4.69, 9.17) is 4.42 Å². The van der Waals surface area contributed by atoms with Crippen LogP contribution >= 0.6 is 0 Å². The van der Waals surface area contributed by atoms with Crippen LogP contribution in [-0.2, 0) is 9.59 Å². The molecule has 0 radical (unpaired) electrons. The van der Waals surface area contributed by atoms with Gasteiger partial charge in [-0.25, -0.2) is 9.18 Å². The van der Waals surface area contributed by atoms with Crippen LogP contribution in [0.2, 0.25) is 0 Å². The molecule has 8 heteroatoms. The summed E-state index contributed by atoms with van der Waals surface area (Å²) in [5.74, 6) is -2.26. The summed E-state index contributed by atoms with van der Waals surface area (Å²) in [5, 5.41) is 3.91. The average Bonchev–Trinajstić information content (AvgIpc) is 2.52. The highest BCUT2D eigenvalue weighted by atomic mass is 19.1. The molecular weight excluding hydrogens is 319 g/mol. The molecule has 0 spiro atoms. The van der Waals surface area contributed by atoms with Gasteiger partial charge in [0.25, 0.3) is 11.8 Å². The molecule has 0 saturated carbocycles. The number of barbiturate groups is 1. The fraction of sp³-hybridized carbons (Fsp3) is 0. The Labute approximate surface area is 133 Å². The van der Waals surface area contributed by atoms with Crippen LogP contribution in [0.25, 0.3) is 17.0 Å². The highest BCUT2D eigenvalue weighted by molar-refractivity contribution is 6.29. The lowest BCUT2D eigenvalue weighted by atomic mass is 10.1. The topological polar surface area (TPSA) is 105 Å². The van der Waals surface area contributed by atoms with Crippen LogP contribution in [0.15, 0.2) is 51.4 Å². The number of halogens is 1. The second-order valence-corrected chi connectivity index (χ2v) is 4.84. The first-order valence-corrected chi connectivity index (χ1v) is 6.72. The second kappa shape index (κ2) is 5.92. The van der Waals surface area contributed by atoms with Crippen LogP contribution in [-0.4, -0.2) is 17.8 Å². The molecule has 1 aliphatic rings. The van der Waals surface area contributed by atoms with Crippen LogP contribution in [0, 0.1) is 5.82 Å². The van der Waals surface area contributed by atoms with E-state index in [1.165, 1.54) is 30.5 Å². The molecule has 0 bridgehead atoms. The molecular formula is C16H9FN2O5. The van der Waals surface area contributed by atoms with Gasteiger partial charge in [0.05, 0.1) is 10.9 Å². The summed E-state index contributed by atoms with van der Waals surface area (Å²) in [6.45, 7) is 0. The number of nitrogens with one attached hydrogen (secondary N) is 2. The lowest BCUT2D eigenvalue weighted by molar-refractivity contribution is -0.124. The van der Waals surface area contributed by atoms with Gasteiger partial charge < -0.3 is 4.42 Å². The van der Waals surface area contributed by atoms with E-state index in [1.54, 1.807) is 0 Å². The van der Waals surface area contributed by atoms with Crippen molar-refractivity contribution < 1.29 is 23.2 Å². The molecule has 24 heavy (non-hydrogen) atoms. The SMILES string of the molecule is O=C1NC(=O)C(=C/C=C/c2coc3ccc(F)cc3c2=O)C(=O)N1. The zero-order chi connectivity index (χ0) is 17.3. The molecule has 120 valence electrons. The van der Waals surface area contributed by atoms with Gasteiger partial charge in [-0.05, 0) is 30.4 Å². The number of allylic oxidation sites excluding steroid dienone is 2. The number of amides is 4. The Morgan fingerprint density at radius 1 is 1.04 bits per heavy atom. The van der Waals surface area contributed by atoms with E-state index in [2.05, 4.69) is 0 Å². The van der Waals surface area contributed by atoms with E-state index in [0.717, 1.165) is 12.1 Å². The first-order valence-electron chi connectivity index (χ1n) is 6.72. The third kappa shape index (κ3) is 2.84. The molecule has 0 atom stereocenters. The number of imide groups is 2. The van der Waals surface area contributed by atoms with Gasteiger partial charge in [0, 0.05) is 0 Å². The third-order valence-corrected chi connectivity index (χ3v) is 3.24. The lowest BCUT2D eigenvalue weighted by Gasteiger charge is -2.12. The van der Waals surface area contributed by atoms with Crippen molar-refractivity contribution >= 4 is 34.9 Å². The van der Waals surface area contributed by atoms with Gasteiger partial charge in [0.2, 0.25) is 0 Å². The van der Waals surface area contributed by atoms with E-state index in [0.29, 0.717) is 0 Å². The molecule has 1 aromatic carbocycles. The molecule has 4 amide bonds. The fourth-order valence-electron chi connectivity index (χ4n) is 2.11. The normalized spacial score (nSPS) is 14.9. The van der Waals surface area contributed by atoms with Gasteiger partial charge in [0.15, 0.2) is 5.43 Å². The number of hydrogen-bond acceptors (Lipinski definition) is 5. The maximum absolute atomic E-state index is 13.2. The van der Waals surface area contributed by atoms with Gasteiger partial charge in [0.1, 0.15) is 23.2 Å². The van der Waals surface area contributed by atoms with Crippen molar-refractivity contribution in [3.05, 3.63) is 63.8 Å². The third-order valence-electron chi connectivity index (χ3n) is 3.24. The van der Waals surface area contributed by atoms with Crippen molar-refractivity contribution in [1.29, 1.82) is 0 Å². The number of fused-ring (bicyclic) bond motifs is 1. The first-order chi connectivity index (χ1) is 11.5. The molecule has 1 aromatic heterocycles.